The van der Waals surface area contributed by atoms with Crippen molar-refractivity contribution in [1.82, 2.24) is 4.98 Å². The van der Waals surface area contributed by atoms with Crippen LogP contribution >= 0.6 is 11.6 Å². The summed E-state index contributed by atoms with van der Waals surface area (Å²) < 4.78 is 26.4. The molecule has 0 unspecified atom stereocenters. The van der Waals surface area contributed by atoms with Crippen LogP contribution < -0.4 is 10.5 Å². The van der Waals surface area contributed by atoms with E-state index < -0.39 is 10.0 Å². The lowest BCUT2D eigenvalue weighted by atomic mass is 10.3. The van der Waals surface area contributed by atoms with Gasteiger partial charge in [0.05, 0.1) is 16.8 Å². The van der Waals surface area contributed by atoms with Crippen LogP contribution in [0.3, 0.4) is 0 Å². The van der Waals surface area contributed by atoms with Crippen LogP contribution in [0.2, 0.25) is 5.15 Å². The third-order valence-corrected chi connectivity index (χ3v) is 3.75. The molecule has 1 aromatic heterocycles. The lowest BCUT2D eigenvalue weighted by Crippen LogP contribution is -2.13. The van der Waals surface area contributed by atoms with Crippen LogP contribution in [0.1, 0.15) is 0 Å². The van der Waals surface area contributed by atoms with Gasteiger partial charge in [0.25, 0.3) is 10.0 Å². The van der Waals surface area contributed by atoms with Crippen molar-refractivity contribution < 1.29 is 8.42 Å². The Hall–Kier alpha value is -1.79. The van der Waals surface area contributed by atoms with Crippen molar-refractivity contribution in [3.63, 3.8) is 0 Å². The molecule has 0 bridgehead atoms. The number of sulfonamides is 1. The van der Waals surface area contributed by atoms with Crippen molar-refractivity contribution in [3.05, 3.63) is 47.7 Å². The Morgan fingerprint density at radius 2 is 2.00 bits per heavy atom. The molecule has 0 saturated carbocycles. The zero-order valence-electron chi connectivity index (χ0n) is 9.17. The minimum atomic E-state index is -3.66. The molecule has 0 aliphatic carbocycles. The fourth-order valence-electron chi connectivity index (χ4n) is 1.33. The molecule has 18 heavy (non-hydrogen) atoms. The summed E-state index contributed by atoms with van der Waals surface area (Å²) in [6.07, 6.45) is 1.34. The second-order valence-electron chi connectivity index (χ2n) is 3.55. The molecule has 94 valence electrons. The summed E-state index contributed by atoms with van der Waals surface area (Å²) in [6.45, 7) is 0. The van der Waals surface area contributed by atoms with E-state index in [1.54, 1.807) is 12.1 Å². The van der Waals surface area contributed by atoms with Gasteiger partial charge in [-0.3, -0.25) is 4.72 Å². The van der Waals surface area contributed by atoms with Crippen LogP contribution in [-0.4, -0.2) is 13.4 Å². The summed E-state index contributed by atoms with van der Waals surface area (Å²) in [6, 6.07) is 9.05. The fourth-order valence-corrected chi connectivity index (χ4v) is 2.54. The van der Waals surface area contributed by atoms with Crippen molar-refractivity contribution in [1.29, 1.82) is 0 Å². The number of rotatable bonds is 3. The number of benzene rings is 1. The summed E-state index contributed by atoms with van der Waals surface area (Å²) in [5, 5.41) is 0.293. The molecule has 0 fully saturated rings. The lowest BCUT2D eigenvalue weighted by molar-refractivity contribution is 0.601. The predicted molar refractivity (Wildman–Crippen MR) is 70.9 cm³/mol. The number of hydrogen-bond donors (Lipinski definition) is 2. The van der Waals surface area contributed by atoms with Crippen molar-refractivity contribution in [2.75, 3.05) is 10.5 Å². The van der Waals surface area contributed by atoms with Crippen LogP contribution in [0, 0.1) is 0 Å². The van der Waals surface area contributed by atoms with Gasteiger partial charge in [-0.2, -0.15) is 0 Å². The molecule has 0 atom stereocenters. The fraction of sp³-hybridized carbons (Fsp3) is 0. The largest absolute Gasteiger partial charge is 0.399 e. The summed E-state index contributed by atoms with van der Waals surface area (Å²) in [7, 11) is -3.66. The molecule has 0 amide bonds. The Morgan fingerprint density at radius 3 is 2.61 bits per heavy atom. The Balaban J connectivity index is 2.30. The topological polar surface area (TPSA) is 85.1 Å². The summed E-state index contributed by atoms with van der Waals surface area (Å²) >= 11 is 5.62. The molecule has 1 heterocycles. The number of halogens is 1. The molecule has 0 saturated heterocycles. The first kappa shape index (κ1) is 12.7. The monoisotopic (exact) mass is 283 g/mol. The molecule has 2 rings (SSSR count). The zero-order chi connectivity index (χ0) is 13.2. The first-order valence-electron chi connectivity index (χ1n) is 4.97. The average molecular weight is 284 g/mol. The molecule has 0 radical (unpaired) electrons. The van der Waals surface area contributed by atoms with E-state index in [1.165, 1.54) is 30.5 Å². The number of nitrogens with one attached hydrogen (secondary N) is 1. The van der Waals surface area contributed by atoms with Gasteiger partial charge in [0, 0.05) is 5.69 Å². The highest BCUT2D eigenvalue weighted by Crippen LogP contribution is 2.18. The van der Waals surface area contributed by atoms with E-state index in [4.69, 9.17) is 17.3 Å². The number of aromatic nitrogens is 1. The minimum absolute atomic E-state index is 0.0949. The summed E-state index contributed by atoms with van der Waals surface area (Å²) in [5.74, 6) is 0. The Morgan fingerprint density at radius 1 is 1.22 bits per heavy atom. The van der Waals surface area contributed by atoms with Crippen molar-refractivity contribution in [2.24, 2.45) is 0 Å². The minimum Gasteiger partial charge on any atom is -0.399 e. The Kier molecular flexibility index (Phi) is 3.40. The standard InChI is InChI=1S/C11H10ClN3O2S/c12-11-5-4-9(7-14-11)15-18(16,17)10-3-1-2-8(13)6-10/h1-7,15H,13H2. The van der Waals surface area contributed by atoms with Crippen molar-refractivity contribution in [3.8, 4) is 0 Å². The van der Waals surface area contributed by atoms with Crippen LogP contribution in [0.4, 0.5) is 11.4 Å². The highest BCUT2D eigenvalue weighted by Gasteiger charge is 2.14. The number of anilines is 2. The van der Waals surface area contributed by atoms with Gasteiger partial charge >= 0.3 is 0 Å². The molecular formula is C11H10ClN3O2S. The van der Waals surface area contributed by atoms with Crippen molar-refractivity contribution in [2.45, 2.75) is 4.90 Å². The van der Waals surface area contributed by atoms with E-state index in [0.29, 0.717) is 16.5 Å². The molecule has 5 nitrogen and oxygen atoms in total. The highest BCUT2D eigenvalue weighted by molar-refractivity contribution is 7.92. The number of nitrogens with two attached hydrogens (primary N) is 1. The molecule has 0 aliphatic heterocycles. The molecule has 1 aromatic carbocycles. The zero-order valence-corrected chi connectivity index (χ0v) is 10.7. The van der Waals surface area contributed by atoms with Crippen LogP contribution in [0.25, 0.3) is 0 Å². The van der Waals surface area contributed by atoms with Gasteiger partial charge in [0.15, 0.2) is 0 Å². The maximum atomic E-state index is 12.0. The van der Waals surface area contributed by atoms with E-state index in [2.05, 4.69) is 9.71 Å². The van der Waals surface area contributed by atoms with Gasteiger partial charge < -0.3 is 5.73 Å². The van der Waals surface area contributed by atoms with E-state index in [1.807, 2.05) is 0 Å². The van der Waals surface area contributed by atoms with Gasteiger partial charge in [-0.05, 0) is 30.3 Å². The van der Waals surface area contributed by atoms with Crippen LogP contribution in [0.15, 0.2) is 47.5 Å². The lowest BCUT2D eigenvalue weighted by Gasteiger charge is -2.08. The first-order valence-corrected chi connectivity index (χ1v) is 6.83. The van der Waals surface area contributed by atoms with Gasteiger partial charge in [-0.1, -0.05) is 17.7 Å². The molecule has 0 spiro atoms. The van der Waals surface area contributed by atoms with Gasteiger partial charge in [0.1, 0.15) is 5.15 Å². The number of nitrogen functional groups attached to an aromatic ring is 1. The third-order valence-electron chi connectivity index (χ3n) is 2.15. The normalized spacial score (nSPS) is 11.2. The Bertz CT molecular complexity index is 656. The number of pyridine rings is 1. The SMILES string of the molecule is Nc1cccc(S(=O)(=O)Nc2ccc(Cl)nc2)c1. The molecule has 2 aromatic rings. The van der Waals surface area contributed by atoms with Gasteiger partial charge in [-0.15, -0.1) is 0 Å². The highest BCUT2D eigenvalue weighted by atomic mass is 35.5. The molecule has 7 heteroatoms. The van der Waals surface area contributed by atoms with E-state index in [9.17, 15) is 8.42 Å². The van der Waals surface area contributed by atoms with Gasteiger partial charge in [-0.25, -0.2) is 13.4 Å². The molecule has 0 aliphatic rings. The second kappa shape index (κ2) is 4.83. The predicted octanol–water partition coefficient (Wildman–Crippen LogP) is 2.12. The first-order chi connectivity index (χ1) is 8.47. The van der Waals surface area contributed by atoms with Crippen molar-refractivity contribution >= 4 is 33.0 Å². The Labute approximate surface area is 110 Å². The third kappa shape index (κ3) is 2.91. The maximum absolute atomic E-state index is 12.0. The number of hydrogen-bond acceptors (Lipinski definition) is 4. The van der Waals surface area contributed by atoms with Crippen LogP contribution in [-0.2, 0) is 10.0 Å². The van der Waals surface area contributed by atoms with E-state index >= 15 is 0 Å². The van der Waals surface area contributed by atoms with Gasteiger partial charge in [0.2, 0.25) is 0 Å². The second-order valence-corrected chi connectivity index (χ2v) is 5.62. The van der Waals surface area contributed by atoms with E-state index in [-0.39, 0.29) is 4.90 Å². The molecular weight excluding hydrogens is 274 g/mol. The maximum Gasteiger partial charge on any atom is 0.262 e. The quantitative estimate of drug-likeness (QED) is 0.667. The van der Waals surface area contributed by atoms with Crippen LogP contribution in [0.5, 0.6) is 0 Å². The summed E-state index contributed by atoms with van der Waals surface area (Å²) in [5.41, 5.74) is 6.26. The summed E-state index contributed by atoms with van der Waals surface area (Å²) in [4.78, 5) is 3.88. The number of nitrogens with zero attached hydrogens (tertiary/aromatic N) is 1. The average Bonchev–Trinajstić information content (AvgIpc) is 2.32. The smallest absolute Gasteiger partial charge is 0.262 e. The molecule has 3 N–H and O–H groups in total. The van der Waals surface area contributed by atoms with E-state index in [0.717, 1.165) is 0 Å².